The highest BCUT2D eigenvalue weighted by atomic mass is 16.5. The summed E-state index contributed by atoms with van der Waals surface area (Å²) in [5.41, 5.74) is -0.113. The van der Waals surface area contributed by atoms with E-state index in [-0.39, 0.29) is 17.9 Å². The van der Waals surface area contributed by atoms with Gasteiger partial charge >= 0.3 is 0 Å². The second kappa shape index (κ2) is 7.04. The Hall–Kier alpha value is -1.69. The molecule has 1 heterocycles. The average molecular weight is 266 g/mol. The first-order chi connectivity index (χ1) is 8.93. The van der Waals surface area contributed by atoms with Crippen LogP contribution in [0.2, 0.25) is 0 Å². The maximum atomic E-state index is 11.5. The van der Waals surface area contributed by atoms with E-state index in [4.69, 9.17) is 4.74 Å². The summed E-state index contributed by atoms with van der Waals surface area (Å²) in [4.78, 5) is 20.1. The molecule has 1 aromatic rings. The second-order valence-electron chi connectivity index (χ2n) is 5.21. The molecule has 1 rings (SSSR count). The van der Waals surface area contributed by atoms with Crippen LogP contribution in [0.1, 0.15) is 26.6 Å². The molecule has 0 saturated carbocycles. The molecular formula is C13H22N4O2. The van der Waals surface area contributed by atoms with E-state index in [0.717, 1.165) is 5.82 Å². The third-order valence-corrected chi connectivity index (χ3v) is 2.38. The van der Waals surface area contributed by atoms with Gasteiger partial charge in [-0.1, -0.05) is 20.8 Å². The zero-order valence-electron chi connectivity index (χ0n) is 12.0. The van der Waals surface area contributed by atoms with Crippen molar-refractivity contribution in [2.45, 2.75) is 26.2 Å². The van der Waals surface area contributed by atoms with Crippen LogP contribution in [0.5, 0.6) is 0 Å². The Balaban J connectivity index is 2.47. The van der Waals surface area contributed by atoms with E-state index in [1.165, 1.54) is 0 Å². The minimum atomic E-state index is -0.113. The Kier molecular flexibility index (Phi) is 5.69. The lowest BCUT2D eigenvalue weighted by molar-refractivity contribution is -0.119. The fourth-order valence-electron chi connectivity index (χ4n) is 1.34. The molecule has 0 atom stereocenters. The monoisotopic (exact) mass is 266 g/mol. The number of hydrogen-bond acceptors (Lipinski definition) is 5. The molecule has 2 N–H and O–H groups in total. The number of hydrogen-bond donors (Lipinski definition) is 2. The van der Waals surface area contributed by atoms with E-state index in [1.807, 2.05) is 20.8 Å². The highest BCUT2D eigenvalue weighted by molar-refractivity contribution is 5.80. The van der Waals surface area contributed by atoms with Gasteiger partial charge in [-0.3, -0.25) is 4.79 Å². The van der Waals surface area contributed by atoms with Gasteiger partial charge in [0.15, 0.2) is 0 Å². The van der Waals surface area contributed by atoms with Crippen molar-refractivity contribution in [3.63, 3.8) is 0 Å². The van der Waals surface area contributed by atoms with Gasteiger partial charge in [0.25, 0.3) is 0 Å². The van der Waals surface area contributed by atoms with Gasteiger partial charge in [-0.05, 0) is 6.07 Å². The van der Waals surface area contributed by atoms with Crippen molar-refractivity contribution < 1.29 is 9.53 Å². The van der Waals surface area contributed by atoms with E-state index in [1.54, 1.807) is 19.4 Å². The zero-order chi connectivity index (χ0) is 14.3. The van der Waals surface area contributed by atoms with Gasteiger partial charge in [0.2, 0.25) is 5.91 Å². The normalized spacial score (nSPS) is 11.2. The van der Waals surface area contributed by atoms with Gasteiger partial charge in [0, 0.05) is 25.3 Å². The molecule has 6 nitrogen and oxygen atoms in total. The Morgan fingerprint density at radius 3 is 2.79 bits per heavy atom. The summed E-state index contributed by atoms with van der Waals surface area (Å²) < 4.78 is 4.85. The van der Waals surface area contributed by atoms with Crippen molar-refractivity contribution in [3.05, 3.63) is 18.1 Å². The van der Waals surface area contributed by atoms with Crippen molar-refractivity contribution in [2.24, 2.45) is 0 Å². The molecule has 1 aromatic heterocycles. The third kappa shape index (κ3) is 5.65. The molecule has 0 aliphatic rings. The minimum Gasteiger partial charge on any atom is -0.383 e. The number of amides is 1. The number of anilines is 1. The molecule has 0 aliphatic carbocycles. The molecule has 0 aliphatic heterocycles. The van der Waals surface area contributed by atoms with Crippen molar-refractivity contribution in [2.75, 3.05) is 32.1 Å². The first kappa shape index (κ1) is 15.4. The van der Waals surface area contributed by atoms with E-state index in [2.05, 4.69) is 20.6 Å². The number of aromatic nitrogens is 2. The lowest BCUT2D eigenvalue weighted by Crippen LogP contribution is -2.32. The van der Waals surface area contributed by atoms with Crippen LogP contribution in [0.15, 0.2) is 12.3 Å². The first-order valence-electron chi connectivity index (χ1n) is 6.26. The van der Waals surface area contributed by atoms with Crippen LogP contribution in [0.4, 0.5) is 5.82 Å². The molecule has 0 unspecified atom stereocenters. The summed E-state index contributed by atoms with van der Waals surface area (Å²) in [6.45, 7) is 7.34. The molecule has 106 valence electrons. The van der Waals surface area contributed by atoms with Crippen molar-refractivity contribution in [1.82, 2.24) is 15.3 Å². The number of nitrogens with one attached hydrogen (secondary N) is 2. The lowest BCUT2D eigenvalue weighted by Gasteiger charge is -2.17. The number of carbonyl (C=O) groups excluding carboxylic acids is 1. The molecule has 19 heavy (non-hydrogen) atoms. The van der Waals surface area contributed by atoms with Crippen LogP contribution < -0.4 is 10.6 Å². The quantitative estimate of drug-likeness (QED) is 0.750. The maximum absolute atomic E-state index is 11.5. The highest BCUT2D eigenvalue weighted by Crippen LogP contribution is 2.18. The fourth-order valence-corrected chi connectivity index (χ4v) is 1.34. The number of ether oxygens (including phenoxy) is 1. The predicted octanol–water partition coefficient (Wildman–Crippen LogP) is 0.949. The average Bonchev–Trinajstić information content (AvgIpc) is 2.36. The van der Waals surface area contributed by atoms with Gasteiger partial charge in [0.05, 0.1) is 13.2 Å². The van der Waals surface area contributed by atoms with Crippen LogP contribution >= 0.6 is 0 Å². The largest absolute Gasteiger partial charge is 0.383 e. The van der Waals surface area contributed by atoms with Crippen LogP contribution in [-0.2, 0) is 14.9 Å². The van der Waals surface area contributed by atoms with E-state index in [9.17, 15) is 4.79 Å². The lowest BCUT2D eigenvalue weighted by atomic mass is 9.96. The van der Waals surface area contributed by atoms with E-state index >= 15 is 0 Å². The summed E-state index contributed by atoms with van der Waals surface area (Å²) in [6, 6.07) is 1.75. The Bertz CT molecular complexity index is 415. The molecule has 0 saturated heterocycles. The van der Waals surface area contributed by atoms with E-state index in [0.29, 0.717) is 19.0 Å². The Morgan fingerprint density at radius 2 is 2.16 bits per heavy atom. The Morgan fingerprint density at radius 1 is 1.42 bits per heavy atom. The molecular weight excluding hydrogens is 244 g/mol. The minimum absolute atomic E-state index is 0.0898. The second-order valence-corrected chi connectivity index (χ2v) is 5.21. The number of carbonyl (C=O) groups is 1. The van der Waals surface area contributed by atoms with Crippen molar-refractivity contribution >= 4 is 11.7 Å². The van der Waals surface area contributed by atoms with Gasteiger partial charge in [0.1, 0.15) is 11.6 Å². The standard InChI is InChI=1S/C13H22N4O2/c1-13(2,3)12-15-6-5-10(17-12)16-9-11(18)14-7-8-19-4/h5-6H,7-9H2,1-4H3,(H,14,18)(H,15,16,17). The van der Waals surface area contributed by atoms with Crippen LogP contribution in [0.25, 0.3) is 0 Å². The van der Waals surface area contributed by atoms with Crippen molar-refractivity contribution in [3.8, 4) is 0 Å². The van der Waals surface area contributed by atoms with Gasteiger partial charge in [-0.2, -0.15) is 0 Å². The molecule has 6 heteroatoms. The molecule has 1 amide bonds. The summed E-state index contributed by atoms with van der Waals surface area (Å²) in [5, 5.41) is 5.71. The maximum Gasteiger partial charge on any atom is 0.239 e. The smallest absolute Gasteiger partial charge is 0.239 e. The number of methoxy groups -OCH3 is 1. The summed E-state index contributed by atoms with van der Waals surface area (Å²) in [5.74, 6) is 1.31. The summed E-state index contributed by atoms with van der Waals surface area (Å²) >= 11 is 0. The predicted molar refractivity (Wildman–Crippen MR) is 74.1 cm³/mol. The summed E-state index contributed by atoms with van der Waals surface area (Å²) in [6.07, 6.45) is 1.69. The van der Waals surface area contributed by atoms with Crippen LogP contribution in [0.3, 0.4) is 0 Å². The molecule has 0 bridgehead atoms. The molecule has 0 aromatic carbocycles. The van der Waals surface area contributed by atoms with E-state index < -0.39 is 0 Å². The Labute approximate surface area is 114 Å². The van der Waals surface area contributed by atoms with Crippen LogP contribution in [0, 0.1) is 0 Å². The molecule has 0 radical (unpaired) electrons. The summed E-state index contributed by atoms with van der Waals surface area (Å²) in [7, 11) is 1.60. The fraction of sp³-hybridized carbons (Fsp3) is 0.615. The first-order valence-corrected chi connectivity index (χ1v) is 6.26. The highest BCUT2D eigenvalue weighted by Gasteiger charge is 2.17. The van der Waals surface area contributed by atoms with Gasteiger partial charge in [-0.25, -0.2) is 9.97 Å². The zero-order valence-corrected chi connectivity index (χ0v) is 12.0. The molecule has 0 spiro atoms. The molecule has 0 fully saturated rings. The topological polar surface area (TPSA) is 76.1 Å². The number of nitrogens with zero attached hydrogens (tertiary/aromatic N) is 2. The van der Waals surface area contributed by atoms with Gasteiger partial charge in [-0.15, -0.1) is 0 Å². The SMILES string of the molecule is COCCNC(=O)CNc1ccnc(C(C)(C)C)n1. The number of rotatable bonds is 6. The third-order valence-electron chi connectivity index (χ3n) is 2.38. The van der Waals surface area contributed by atoms with Crippen LogP contribution in [-0.4, -0.2) is 42.7 Å². The van der Waals surface area contributed by atoms with Crippen molar-refractivity contribution in [1.29, 1.82) is 0 Å². The van der Waals surface area contributed by atoms with Gasteiger partial charge < -0.3 is 15.4 Å².